The lowest BCUT2D eigenvalue weighted by Gasteiger charge is -2.09. The molecule has 0 fully saturated rings. The molecule has 0 aromatic heterocycles. The van der Waals surface area contributed by atoms with Gasteiger partial charge in [0.1, 0.15) is 17.3 Å². The van der Waals surface area contributed by atoms with Gasteiger partial charge in [-0.15, -0.1) is 0 Å². The highest BCUT2D eigenvalue weighted by Gasteiger charge is 2.12. The van der Waals surface area contributed by atoms with Crippen molar-refractivity contribution in [2.75, 3.05) is 14.2 Å². The number of methoxy groups -OCH3 is 2. The molecule has 0 heterocycles. The van der Waals surface area contributed by atoms with Crippen molar-refractivity contribution in [3.8, 4) is 22.6 Å². The van der Waals surface area contributed by atoms with Gasteiger partial charge in [0.25, 0.3) is 0 Å². The second-order valence-corrected chi connectivity index (χ2v) is 4.10. The molecule has 0 aliphatic rings. The van der Waals surface area contributed by atoms with Gasteiger partial charge in [-0.1, -0.05) is 0 Å². The molecule has 0 spiro atoms. The van der Waals surface area contributed by atoms with Crippen LogP contribution in [0.25, 0.3) is 11.1 Å². The second-order valence-electron chi connectivity index (χ2n) is 4.10. The summed E-state index contributed by atoms with van der Waals surface area (Å²) in [5.41, 5.74) is 0.753. The summed E-state index contributed by atoms with van der Waals surface area (Å²) >= 11 is 0. The topological polar surface area (TPSA) is 55.8 Å². The molecule has 0 bridgehead atoms. The van der Waals surface area contributed by atoms with E-state index in [-0.39, 0.29) is 11.1 Å². The first-order chi connectivity index (χ1) is 9.55. The predicted molar refractivity (Wildman–Crippen MR) is 71.9 cm³/mol. The van der Waals surface area contributed by atoms with Crippen molar-refractivity contribution >= 4 is 5.97 Å². The Kier molecular flexibility index (Phi) is 3.89. The van der Waals surface area contributed by atoms with Gasteiger partial charge in [-0.05, 0) is 35.9 Å². The smallest absolute Gasteiger partial charge is 0.335 e. The van der Waals surface area contributed by atoms with Crippen LogP contribution in [0.2, 0.25) is 0 Å². The number of carbonyl (C=O) groups is 1. The van der Waals surface area contributed by atoms with E-state index in [4.69, 9.17) is 14.6 Å². The molecule has 4 nitrogen and oxygen atoms in total. The highest BCUT2D eigenvalue weighted by atomic mass is 19.1. The monoisotopic (exact) mass is 276 g/mol. The molecule has 2 aromatic rings. The summed E-state index contributed by atoms with van der Waals surface area (Å²) in [6.45, 7) is 0. The number of benzene rings is 2. The Morgan fingerprint density at radius 3 is 2.30 bits per heavy atom. The minimum Gasteiger partial charge on any atom is -0.497 e. The van der Waals surface area contributed by atoms with Crippen LogP contribution in [0, 0.1) is 5.82 Å². The van der Waals surface area contributed by atoms with Crippen LogP contribution in [-0.2, 0) is 0 Å². The Bertz CT molecular complexity index is 652. The summed E-state index contributed by atoms with van der Waals surface area (Å²) in [6.07, 6.45) is 0. The third-order valence-corrected chi connectivity index (χ3v) is 2.88. The average molecular weight is 276 g/mol. The first-order valence-electron chi connectivity index (χ1n) is 5.81. The Morgan fingerprint density at radius 2 is 1.75 bits per heavy atom. The fourth-order valence-electron chi connectivity index (χ4n) is 1.85. The number of hydrogen-bond acceptors (Lipinski definition) is 3. The van der Waals surface area contributed by atoms with E-state index in [1.54, 1.807) is 12.1 Å². The van der Waals surface area contributed by atoms with Crippen molar-refractivity contribution in [1.82, 2.24) is 0 Å². The molecule has 5 heteroatoms. The Morgan fingerprint density at radius 1 is 1.05 bits per heavy atom. The normalized spacial score (nSPS) is 10.2. The maximum Gasteiger partial charge on any atom is 0.335 e. The fourth-order valence-corrected chi connectivity index (χ4v) is 1.85. The third kappa shape index (κ3) is 2.71. The quantitative estimate of drug-likeness (QED) is 0.931. The van der Waals surface area contributed by atoms with Crippen LogP contribution in [0.4, 0.5) is 4.39 Å². The number of ether oxygens (including phenoxy) is 2. The molecule has 0 aliphatic carbocycles. The van der Waals surface area contributed by atoms with Crippen LogP contribution in [0.5, 0.6) is 11.5 Å². The molecule has 104 valence electrons. The highest BCUT2D eigenvalue weighted by Crippen LogP contribution is 2.30. The van der Waals surface area contributed by atoms with Gasteiger partial charge in [0, 0.05) is 11.6 Å². The Balaban J connectivity index is 2.56. The van der Waals surface area contributed by atoms with Gasteiger partial charge in [0.2, 0.25) is 0 Å². The molecule has 0 radical (unpaired) electrons. The fraction of sp³-hybridized carbons (Fsp3) is 0.133. The first-order valence-corrected chi connectivity index (χ1v) is 5.81. The van der Waals surface area contributed by atoms with E-state index in [1.165, 1.54) is 38.5 Å². The number of rotatable bonds is 4. The van der Waals surface area contributed by atoms with Gasteiger partial charge in [-0.2, -0.15) is 0 Å². The summed E-state index contributed by atoms with van der Waals surface area (Å²) < 4.78 is 24.0. The van der Waals surface area contributed by atoms with Crippen molar-refractivity contribution < 1.29 is 23.8 Å². The van der Waals surface area contributed by atoms with E-state index in [1.807, 2.05) is 0 Å². The van der Waals surface area contributed by atoms with E-state index in [0.717, 1.165) is 0 Å². The van der Waals surface area contributed by atoms with E-state index in [0.29, 0.717) is 17.1 Å². The first kappa shape index (κ1) is 13.9. The SMILES string of the molecule is COc1cc(C(=O)O)cc(-c2ccc(OC)cc2F)c1. The van der Waals surface area contributed by atoms with E-state index in [9.17, 15) is 9.18 Å². The minimum absolute atomic E-state index is 0.0366. The lowest BCUT2D eigenvalue weighted by atomic mass is 10.0. The summed E-state index contributed by atoms with van der Waals surface area (Å²) in [5, 5.41) is 9.06. The van der Waals surface area contributed by atoms with E-state index in [2.05, 4.69) is 0 Å². The van der Waals surface area contributed by atoms with Crippen LogP contribution in [0.1, 0.15) is 10.4 Å². The van der Waals surface area contributed by atoms with Gasteiger partial charge in [0.05, 0.1) is 19.8 Å². The van der Waals surface area contributed by atoms with Gasteiger partial charge >= 0.3 is 5.97 Å². The van der Waals surface area contributed by atoms with Gasteiger partial charge in [-0.3, -0.25) is 0 Å². The number of hydrogen-bond donors (Lipinski definition) is 1. The molecule has 0 saturated heterocycles. The Hall–Kier alpha value is -2.56. The maximum atomic E-state index is 14.0. The predicted octanol–water partition coefficient (Wildman–Crippen LogP) is 3.21. The van der Waals surface area contributed by atoms with Crippen molar-refractivity contribution in [1.29, 1.82) is 0 Å². The molecule has 20 heavy (non-hydrogen) atoms. The zero-order chi connectivity index (χ0) is 14.7. The van der Waals surface area contributed by atoms with Crippen LogP contribution in [0.15, 0.2) is 36.4 Å². The van der Waals surface area contributed by atoms with Crippen LogP contribution in [0.3, 0.4) is 0 Å². The minimum atomic E-state index is -1.10. The van der Waals surface area contributed by atoms with Crippen molar-refractivity contribution in [2.45, 2.75) is 0 Å². The number of aromatic carboxylic acids is 1. The van der Waals surface area contributed by atoms with Crippen molar-refractivity contribution in [3.63, 3.8) is 0 Å². The summed E-state index contributed by atoms with van der Waals surface area (Å²) in [6, 6.07) is 8.75. The third-order valence-electron chi connectivity index (χ3n) is 2.88. The van der Waals surface area contributed by atoms with E-state index >= 15 is 0 Å². The molecule has 1 N–H and O–H groups in total. The maximum absolute atomic E-state index is 14.0. The number of carboxylic acid groups (broad SMARTS) is 1. The molecule has 0 amide bonds. The average Bonchev–Trinajstić information content (AvgIpc) is 2.46. The highest BCUT2D eigenvalue weighted by molar-refractivity contribution is 5.90. The molecule has 0 atom stereocenters. The largest absolute Gasteiger partial charge is 0.497 e. The van der Waals surface area contributed by atoms with Gasteiger partial charge in [-0.25, -0.2) is 9.18 Å². The lowest BCUT2D eigenvalue weighted by Crippen LogP contribution is -1.98. The molecule has 0 unspecified atom stereocenters. The van der Waals surface area contributed by atoms with Crippen molar-refractivity contribution in [2.24, 2.45) is 0 Å². The van der Waals surface area contributed by atoms with Crippen LogP contribution < -0.4 is 9.47 Å². The molecule has 0 aliphatic heterocycles. The van der Waals surface area contributed by atoms with Crippen LogP contribution >= 0.6 is 0 Å². The Labute approximate surface area is 115 Å². The van der Waals surface area contributed by atoms with E-state index < -0.39 is 11.8 Å². The van der Waals surface area contributed by atoms with Crippen LogP contribution in [-0.4, -0.2) is 25.3 Å². The molecule has 2 rings (SSSR count). The summed E-state index contributed by atoms with van der Waals surface area (Å²) in [7, 11) is 2.87. The van der Waals surface area contributed by atoms with Gasteiger partial charge < -0.3 is 14.6 Å². The zero-order valence-electron chi connectivity index (χ0n) is 11.0. The second kappa shape index (κ2) is 5.61. The van der Waals surface area contributed by atoms with Gasteiger partial charge in [0.15, 0.2) is 0 Å². The van der Waals surface area contributed by atoms with Crippen molar-refractivity contribution in [3.05, 3.63) is 47.8 Å². The molecule has 2 aromatic carbocycles. The number of halogens is 1. The standard InChI is InChI=1S/C15H13FO4/c1-19-11-3-4-13(14(16)8-11)9-5-10(15(17)18)7-12(6-9)20-2/h3-8H,1-2H3,(H,17,18). The molecular weight excluding hydrogens is 263 g/mol. The zero-order valence-corrected chi connectivity index (χ0v) is 11.0. The summed E-state index contributed by atoms with van der Waals surface area (Å²) in [5.74, 6) is -0.837. The number of carboxylic acids is 1. The molecular formula is C15H13FO4. The summed E-state index contributed by atoms with van der Waals surface area (Å²) in [4.78, 5) is 11.1. The lowest BCUT2D eigenvalue weighted by molar-refractivity contribution is 0.0696. The molecule has 0 saturated carbocycles.